The van der Waals surface area contributed by atoms with Crippen LogP contribution in [0.2, 0.25) is 5.02 Å². The third-order valence-corrected chi connectivity index (χ3v) is 4.47. The first-order chi connectivity index (χ1) is 11.0. The van der Waals surface area contributed by atoms with Crippen molar-refractivity contribution in [3.05, 3.63) is 46.5 Å². The van der Waals surface area contributed by atoms with E-state index in [-0.39, 0.29) is 11.8 Å². The van der Waals surface area contributed by atoms with E-state index in [1.54, 1.807) is 37.3 Å². The van der Waals surface area contributed by atoms with E-state index >= 15 is 0 Å². The van der Waals surface area contributed by atoms with Crippen LogP contribution < -0.4 is 5.43 Å². The monoisotopic (exact) mass is 330 g/mol. The number of halogens is 1. The van der Waals surface area contributed by atoms with Crippen LogP contribution >= 0.6 is 11.6 Å². The third kappa shape index (κ3) is 2.37. The fraction of sp³-hybridized carbons (Fsp3) is 0.235. The quantitative estimate of drug-likeness (QED) is 0.879. The summed E-state index contributed by atoms with van der Waals surface area (Å²) in [5.74, 6) is -1.75. The second kappa shape index (κ2) is 5.66. The van der Waals surface area contributed by atoms with E-state index < -0.39 is 11.8 Å². The van der Waals surface area contributed by atoms with Gasteiger partial charge < -0.3 is 0 Å². The molecule has 1 N–H and O–H groups in total. The van der Waals surface area contributed by atoms with E-state index in [1.165, 1.54) is 0 Å². The minimum Gasteiger partial charge on any atom is -0.273 e. The van der Waals surface area contributed by atoms with Crippen LogP contribution in [0, 0.1) is 5.92 Å². The van der Waals surface area contributed by atoms with Crippen molar-refractivity contribution in [2.45, 2.75) is 20.3 Å². The van der Waals surface area contributed by atoms with Crippen molar-refractivity contribution in [2.75, 3.05) is 0 Å². The van der Waals surface area contributed by atoms with Gasteiger partial charge in [-0.1, -0.05) is 37.6 Å². The molecule has 118 valence electrons. The molecule has 0 aromatic heterocycles. The van der Waals surface area contributed by atoms with Crippen LogP contribution in [0.25, 0.3) is 10.8 Å². The summed E-state index contributed by atoms with van der Waals surface area (Å²) >= 11 is 6.15. The topological polar surface area (TPSA) is 66.5 Å². The van der Waals surface area contributed by atoms with E-state index in [0.717, 1.165) is 5.01 Å². The highest BCUT2D eigenvalue weighted by Gasteiger charge is 2.35. The smallest absolute Gasteiger partial charge is 0.273 e. The third-order valence-electron chi connectivity index (χ3n) is 4.14. The zero-order valence-corrected chi connectivity index (χ0v) is 13.5. The molecule has 0 fully saturated rings. The SMILES string of the molecule is CCC(C)C(=O)NN1C(=O)c2cccc3c(Cl)ccc(c23)C1=O. The van der Waals surface area contributed by atoms with Crippen molar-refractivity contribution >= 4 is 40.1 Å². The van der Waals surface area contributed by atoms with Gasteiger partial charge in [0.25, 0.3) is 11.8 Å². The van der Waals surface area contributed by atoms with Gasteiger partial charge in [0.15, 0.2) is 0 Å². The van der Waals surface area contributed by atoms with E-state index in [4.69, 9.17) is 11.6 Å². The molecule has 2 aromatic rings. The molecule has 2 aromatic carbocycles. The second-order valence-electron chi connectivity index (χ2n) is 5.55. The first-order valence-corrected chi connectivity index (χ1v) is 7.74. The van der Waals surface area contributed by atoms with E-state index in [1.807, 2.05) is 6.92 Å². The van der Waals surface area contributed by atoms with Crippen LogP contribution in [0.15, 0.2) is 30.3 Å². The Morgan fingerprint density at radius 1 is 1.17 bits per heavy atom. The highest BCUT2D eigenvalue weighted by molar-refractivity contribution is 6.38. The molecular formula is C17H15ClN2O3. The molecule has 0 saturated carbocycles. The Labute approximate surface area is 138 Å². The fourth-order valence-corrected chi connectivity index (χ4v) is 2.79. The molecule has 1 heterocycles. The van der Waals surface area contributed by atoms with Gasteiger partial charge in [0.2, 0.25) is 5.91 Å². The Balaban J connectivity index is 2.10. The largest absolute Gasteiger partial charge is 0.280 e. The molecule has 23 heavy (non-hydrogen) atoms. The van der Waals surface area contributed by atoms with Gasteiger partial charge in [-0.15, -0.1) is 0 Å². The number of imide groups is 1. The van der Waals surface area contributed by atoms with Gasteiger partial charge in [0.05, 0.1) is 11.1 Å². The highest BCUT2D eigenvalue weighted by atomic mass is 35.5. The lowest BCUT2D eigenvalue weighted by Gasteiger charge is -2.28. The number of nitrogens with one attached hydrogen (secondary N) is 1. The number of nitrogens with zero attached hydrogens (tertiary/aromatic N) is 1. The summed E-state index contributed by atoms with van der Waals surface area (Å²) in [6.07, 6.45) is 0.615. The number of rotatable bonds is 3. The molecule has 3 amide bonds. The highest BCUT2D eigenvalue weighted by Crippen LogP contribution is 2.33. The van der Waals surface area contributed by atoms with Crippen LogP contribution in [-0.2, 0) is 4.79 Å². The Hall–Kier alpha value is -2.40. The maximum atomic E-state index is 12.6. The first-order valence-electron chi connectivity index (χ1n) is 7.36. The average molecular weight is 331 g/mol. The average Bonchev–Trinajstić information content (AvgIpc) is 2.56. The van der Waals surface area contributed by atoms with Crippen LogP contribution in [-0.4, -0.2) is 22.7 Å². The van der Waals surface area contributed by atoms with Crippen LogP contribution in [0.3, 0.4) is 0 Å². The number of carbonyl (C=O) groups excluding carboxylic acids is 3. The summed E-state index contributed by atoms with van der Waals surface area (Å²) in [4.78, 5) is 37.3. The lowest BCUT2D eigenvalue weighted by atomic mass is 9.95. The van der Waals surface area contributed by atoms with Gasteiger partial charge in [-0.3, -0.25) is 19.8 Å². The van der Waals surface area contributed by atoms with Crippen molar-refractivity contribution in [1.29, 1.82) is 0 Å². The lowest BCUT2D eigenvalue weighted by molar-refractivity contribution is -0.127. The molecule has 0 aliphatic carbocycles. The van der Waals surface area contributed by atoms with Gasteiger partial charge >= 0.3 is 0 Å². The Kier molecular flexibility index (Phi) is 3.82. The summed E-state index contributed by atoms with van der Waals surface area (Å²) in [6, 6.07) is 8.28. The molecule has 0 spiro atoms. The Bertz CT molecular complexity index is 825. The van der Waals surface area contributed by atoms with E-state index in [2.05, 4.69) is 5.43 Å². The van der Waals surface area contributed by atoms with Gasteiger partial charge in [-0.25, -0.2) is 0 Å². The molecule has 1 aliphatic heterocycles. The molecule has 0 bridgehead atoms. The minimum absolute atomic E-state index is 0.294. The molecule has 1 atom stereocenters. The molecule has 6 heteroatoms. The molecule has 5 nitrogen and oxygen atoms in total. The van der Waals surface area contributed by atoms with Crippen molar-refractivity contribution < 1.29 is 14.4 Å². The number of hydrogen-bond donors (Lipinski definition) is 1. The van der Waals surface area contributed by atoms with E-state index in [0.29, 0.717) is 33.3 Å². The van der Waals surface area contributed by atoms with Gasteiger partial charge in [0.1, 0.15) is 0 Å². The summed E-state index contributed by atoms with van der Waals surface area (Å²) in [6.45, 7) is 3.60. The van der Waals surface area contributed by atoms with Gasteiger partial charge in [-0.2, -0.15) is 5.01 Å². The molecular weight excluding hydrogens is 316 g/mol. The Morgan fingerprint density at radius 3 is 2.48 bits per heavy atom. The van der Waals surface area contributed by atoms with Crippen LogP contribution in [0.5, 0.6) is 0 Å². The lowest BCUT2D eigenvalue weighted by Crippen LogP contribution is -2.52. The molecule has 3 rings (SSSR count). The Morgan fingerprint density at radius 2 is 1.83 bits per heavy atom. The van der Waals surface area contributed by atoms with Crippen molar-refractivity contribution in [3.63, 3.8) is 0 Å². The molecule has 1 unspecified atom stereocenters. The fourth-order valence-electron chi connectivity index (χ4n) is 2.57. The van der Waals surface area contributed by atoms with Gasteiger partial charge in [0, 0.05) is 21.7 Å². The first kappa shape index (κ1) is 15.5. The number of hydrogen-bond acceptors (Lipinski definition) is 3. The predicted molar refractivity (Wildman–Crippen MR) is 87.1 cm³/mol. The normalized spacial score (nSPS) is 15.0. The molecule has 0 saturated heterocycles. The molecule has 1 aliphatic rings. The summed E-state index contributed by atoms with van der Waals surface area (Å²) < 4.78 is 0. The van der Waals surface area contributed by atoms with Crippen molar-refractivity contribution in [1.82, 2.24) is 10.4 Å². The predicted octanol–water partition coefficient (Wildman–Crippen LogP) is 3.17. The zero-order valence-electron chi connectivity index (χ0n) is 12.7. The van der Waals surface area contributed by atoms with Crippen molar-refractivity contribution in [3.8, 4) is 0 Å². The van der Waals surface area contributed by atoms with E-state index in [9.17, 15) is 14.4 Å². The maximum Gasteiger partial charge on any atom is 0.280 e. The summed E-state index contributed by atoms with van der Waals surface area (Å²) in [5, 5.41) is 2.45. The summed E-state index contributed by atoms with van der Waals surface area (Å²) in [5.41, 5.74) is 3.13. The number of amides is 3. The zero-order chi connectivity index (χ0) is 16.7. The van der Waals surface area contributed by atoms with Gasteiger partial charge in [-0.05, 0) is 24.6 Å². The maximum absolute atomic E-state index is 12.6. The number of carbonyl (C=O) groups is 3. The van der Waals surface area contributed by atoms with Crippen molar-refractivity contribution in [2.24, 2.45) is 5.92 Å². The molecule has 0 radical (unpaired) electrons. The second-order valence-corrected chi connectivity index (χ2v) is 5.96. The minimum atomic E-state index is -0.549. The number of hydrazine groups is 1. The summed E-state index contributed by atoms with van der Waals surface area (Å²) in [7, 11) is 0. The standard InChI is InChI=1S/C17H15ClN2O3/c1-3-9(2)15(21)19-20-16(22)11-6-4-5-10-13(18)8-7-12(14(10)11)17(20)23/h4-9H,3H2,1-2H3,(H,19,21). The number of benzene rings is 2. The van der Waals surface area contributed by atoms with Crippen LogP contribution in [0.1, 0.15) is 41.0 Å². The van der Waals surface area contributed by atoms with Crippen LogP contribution in [0.4, 0.5) is 0 Å².